The summed E-state index contributed by atoms with van der Waals surface area (Å²) in [5.41, 5.74) is -0.544. The van der Waals surface area contributed by atoms with Crippen LogP contribution in [-0.4, -0.2) is 9.67 Å². The van der Waals surface area contributed by atoms with Gasteiger partial charge in [0.05, 0.1) is 5.69 Å². The van der Waals surface area contributed by atoms with Crippen LogP contribution in [0.2, 0.25) is 0 Å². The van der Waals surface area contributed by atoms with Gasteiger partial charge in [0.15, 0.2) is 17.5 Å². The number of nitrogens with zero attached hydrogens (tertiary/aromatic N) is 1. The fourth-order valence-corrected chi connectivity index (χ4v) is 1.69. The van der Waals surface area contributed by atoms with Crippen LogP contribution in [0, 0.1) is 24.4 Å². The fourth-order valence-electron chi connectivity index (χ4n) is 1.69. The van der Waals surface area contributed by atoms with E-state index in [4.69, 9.17) is 0 Å². The van der Waals surface area contributed by atoms with Gasteiger partial charge in [-0.1, -0.05) is 0 Å². The predicted octanol–water partition coefficient (Wildman–Crippen LogP) is 2.27. The highest BCUT2D eigenvalue weighted by Gasteiger charge is 2.13. The predicted molar refractivity (Wildman–Crippen MR) is 58.3 cm³/mol. The zero-order chi connectivity index (χ0) is 13.4. The number of halogens is 3. The van der Waals surface area contributed by atoms with Crippen molar-refractivity contribution in [3.05, 3.63) is 57.8 Å². The highest BCUT2D eigenvalue weighted by Crippen LogP contribution is 2.18. The minimum atomic E-state index is -1.59. The Hall–Kier alpha value is -2.24. The van der Waals surface area contributed by atoms with E-state index in [-0.39, 0.29) is 17.1 Å². The zero-order valence-corrected chi connectivity index (χ0v) is 9.25. The monoisotopic (exact) mass is 255 g/mol. The highest BCUT2D eigenvalue weighted by molar-refractivity contribution is 5.37. The minimum Gasteiger partial charge on any atom is -0.508 e. The Kier molecular flexibility index (Phi) is 2.86. The average Bonchev–Trinajstić information content (AvgIpc) is 2.24. The van der Waals surface area contributed by atoms with Crippen LogP contribution in [0.15, 0.2) is 29.1 Å². The van der Waals surface area contributed by atoms with Crippen molar-refractivity contribution in [3.63, 3.8) is 0 Å². The van der Waals surface area contributed by atoms with Gasteiger partial charge < -0.3 is 5.11 Å². The molecule has 18 heavy (non-hydrogen) atoms. The van der Waals surface area contributed by atoms with Crippen LogP contribution in [0.5, 0.6) is 5.75 Å². The summed E-state index contributed by atoms with van der Waals surface area (Å²) in [4.78, 5) is 11.6. The summed E-state index contributed by atoms with van der Waals surface area (Å²) in [5, 5.41) is 9.20. The molecule has 0 amide bonds. The van der Waals surface area contributed by atoms with Crippen molar-refractivity contribution in [1.29, 1.82) is 0 Å². The number of hydrogen-bond acceptors (Lipinski definition) is 2. The van der Waals surface area contributed by atoms with E-state index in [0.717, 1.165) is 10.6 Å². The lowest BCUT2D eigenvalue weighted by Gasteiger charge is -2.10. The van der Waals surface area contributed by atoms with Gasteiger partial charge in [0, 0.05) is 23.9 Å². The maximum absolute atomic E-state index is 13.1. The molecule has 0 unspecified atom stereocenters. The second-order valence-electron chi connectivity index (χ2n) is 3.75. The van der Waals surface area contributed by atoms with Crippen LogP contribution in [0.3, 0.4) is 0 Å². The van der Waals surface area contributed by atoms with Gasteiger partial charge in [0.1, 0.15) is 5.75 Å². The molecule has 0 aliphatic heterocycles. The molecule has 94 valence electrons. The molecule has 2 rings (SSSR count). The lowest BCUT2D eigenvalue weighted by Crippen LogP contribution is -2.19. The van der Waals surface area contributed by atoms with Gasteiger partial charge in [0.2, 0.25) is 0 Å². The third-order valence-electron chi connectivity index (χ3n) is 2.43. The molecule has 1 aromatic heterocycles. The Morgan fingerprint density at radius 3 is 2.11 bits per heavy atom. The van der Waals surface area contributed by atoms with Crippen molar-refractivity contribution < 1.29 is 18.3 Å². The van der Waals surface area contributed by atoms with Crippen LogP contribution >= 0.6 is 0 Å². The van der Waals surface area contributed by atoms with E-state index in [0.29, 0.717) is 12.1 Å². The van der Waals surface area contributed by atoms with Crippen molar-refractivity contribution >= 4 is 0 Å². The number of pyridine rings is 1. The molecule has 0 radical (unpaired) electrons. The van der Waals surface area contributed by atoms with Gasteiger partial charge in [-0.25, -0.2) is 13.2 Å². The van der Waals surface area contributed by atoms with E-state index in [9.17, 15) is 23.1 Å². The number of hydrogen-bond donors (Lipinski definition) is 1. The first-order valence-corrected chi connectivity index (χ1v) is 4.97. The molecule has 2 aromatic rings. The molecule has 0 saturated carbocycles. The lowest BCUT2D eigenvalue weighted by atomic mass is 10.2. The molecule has 3 nitrogen and oxygen atoms in total. The molecular weight excluding hydrogens is 247 g/mol. The highest BCUT2D eigenvalue weighted by atomic mass is 19.2. The van der Waals surface area contributed by atoms with E-state index in [1.54, 1.807) is 0 Å². The number of aromatic nitrogens is 1. The van der Waals surface area contributed by atoms with Gasteiger partial charge in [0.25, 0.3) is 5.56 Å². The molecule has 0 atom stereocenters. The Bertz CT molecular complexity index is 657. The molecule has 0 aliphatic carbocycles. The number of benzene rings is 1. The van der Waals surface area contributed by atoms with E-state index >= 15 is 0 Å². The molecule has 0 fully saturated rings. The second kappa shape index (κ2) is 4.21. The lowest BCUT2D eigenvalue weighted by molar-refractivity contribution is 0.446. The Labute approximate surface area is 99.7 Å². The first kappa shape index (κ1) is 12.2. The maximum atomic E-state index is 13.1. The van der Waals surface area contributed by atoms with E-state index in [1.165, 1.54) is 13.0 Å². The summed E-state index contributed by atoms with van der Waals surface area (Å²) < 4.78 is 40.0. The Morgan fingerprint density at radius 1 is 1.06 bits per heavy atom. The molecule has 6 heteroatoms. The zero-order valence-electron chi connectivity index (χ0n) is 9.25. The van der Waals surface area contributed by atoms with Crippen molar-refractivity contribution in [2.75, 3.05) is 0 Å². The van der Waals surface area contributed by atoms with Crippen molar-refractivity contribution in [2.24, 2.45) is 0 Å². The van der Waals surface area contributed by atoms with Crippen molar-refractivity contribution in [1.82, 2.24) is 4.57 Å². The standard InChI is InChI=1S/C12H8F3NO2/c1-6-2-8(17)5-11(18)16(6)7-3-9(13)12(15)10(14)4-7/h2-5,17H,1H3. The summed E-state index contributed by atoms with van der Waals surface area (Å²) in [6.07, 6.45) is 0. The number of aromatic hydroxyl groups is 1. The molecule has 0 saturated heterocycles. The largest absolute Gasteiger partial charge is 0.508 e. The number of rotatable bonds is 1. The Balaban J connectivity index is 2.74. The van der Waals surface area contributed by atoms with Crippen molar-refractivity contribution in [2.45, 2.75) is 6.92 Å². The summed E-state index contributed by atoms with van der Waals surface area (Å²) in [7, 11) is 0. The van der Waals surface area contributed by atoms with E-state index < -0.39 is 23.0 Å². The quantitative estimate of drug-likeness (QED) is 0.794. The molecule has 1 heterocycles. The SMILES string of the molecule is Cc1cc(O)cc(=O)n1-c1cc(F)c(F)c(F)c1. The maximum Gasteiger partial charge on any atom is 0.258 e. The molecule has 0 spiro atoms. The normalized spacial score (nSPS) is 10.7. The molecule has 1 aromatic carbocycles. The summed E-state index contributed by atoms with van der Waals surface area (Å²) in [5.74, 6) is -4.62. The smallest absolute Gasteiger partial charge is 0.258 e. The van der Waals surface area contributed by atoms with E-state index in [2.05, 4.69) is 0 Å². The topological polar surface area (TPSA) is 42.2 Å². The average molecular weight is 255 g/mol. The Morgan fingerprint density at radius 2 is 1.61 bits per heavy atom. The van der Waals surface area contributed by atoms with Gasteiger partial charge in [-0.15, -0.1) is 0 Å². The van der Waals surface area contributed by atoms with Gasteiger partial charge in [-0.3, -0.25) is 9.36 Å². The summed E-state index contributed by atoms with van der Waals surface area (Å²) in [6.45, 7) is 1.47. The first-order chi connectivity index (χ1) is 8.40. The van der Waals surface area contributed by atoms with E-state index in [1.807, 2.05) is 0 Å². The fraction of sp³-hybridized carbons (Fsp3) is 0.0833. The summed E-state index contributed by atoms with van der Waals surface area (Å²) >= 11 is 0. The molecule has 0 aliphatic rings. The minimum absolute atomic E-state index is 0.145. The van der Waals surface area contributed by atoms with Gasteiger partial charge >= 0.3 is 0 Å². The third-order valence-corrected chi connectivity index (χ3v) is 2.43. The second-order valence-corrected chi connectivity index (χ2v) is 3.75. The van der Waals surface area contributed by atoms with Crippen LogP contribution in [0.1, 0.15) is 5.69 Å². The van der Waals surface area contributed by atoms with Crippen molar-refractivity contribution in [3.8, 4) is 11.4 Å². The third kappa shape index (κ3) is 1.97. The van der Waals surface area contributed by atoms with Crippen LogP contribution in [-0.2, 0) is 0 Å². The first-order valence-electron chi connectivity index (χ1n) is 4.97. The van der Waals surface area contributed by atoms with Crippen LogP contribution in [0.25, 0.3) is 5.69 Å². The molecule has 0 bridgehead atoms. The number of aryl methyl sites for hydroxylation is 1. The van der Waals surface area contributed by atoms with Crippen LogP contribution in [0.4, 0.5) is 13.2 Å². The molecular formula is C12H8F3NO2. The van der Waals surface area contributed by atoms with Gasteiger partial charge in [-0.05, 0) is 13.0 Å². The summed E-state index contributed by atoms with van der Waals surface area (Å²) in [6, 6.07) is 3.57. The molecule has 1 N–H and O–H groups in total. The van der Waals surface area contributed by atoms with Crippen LogP contribution < -0.4 is 5.56 Å². The van der Waals surface area contributed by atoms with Gasteiger partial charge in [-0.2, -0.15) is 0 Å².